The van der Waals surface area contributed by atoms with Crippen molar-refractivity contribution in [2.45, 2.75) is 50.7 Å². The van der Waals surface area contributed by atoms with Crippen LogP contribution in [0.4, 0.5) is 4.39 Å². The van der Waals surface area contributed by atoms with Gasteiger partial charge in [-0.3, -0.25) is 29.6 Å². The van der Waals surface area contributed by atoms with Crippen molar-refractivity contribution in [3.8, 4) is 6.07 Å². The number of fused-ring (bicyclic) bond motifs is 1. The lowest BCUT2D eigenvalue weighted by Gasteiger charge is -2.32. The predicted molar refractivity (Wildman–Crippen MR) is 119 cm³/mol. The number of nitrogens with zero attached hydrogens (tertiary/aromatic N) is 4. The highest BCUT2D eigenvalue weighted by Gasteiger charge is 2.40. The number of amides is 3. The van der Waals surface area contributed by atoms with Crippen molar-refractivity contribution in [3.05, 3.63) is 64.2 Å². The van der Waals surface area contributed by atoms with Crippen molar-refractivity contribution < 1.29 is 18.8 Å². The van der Waals surface area contributed by atoms with Gasteiger partial charge in [-0.2, -0.15) is 5.26 Å². The van der Waals surface area contributed by atoms with Gasteiger partial charge in [0.05, 0.1) is 5.56 Å². The zero-order chi connectivity index (χ0) is 23.8. The van der Waals surface area contributed by atoms with E-state index in [2.05, 4.69) is 21.3 Å². The van der Waals surface area contributed by atoms with Gasteiger partial charge in [0.15, 0.2) is 0 Å². The summed E-state index contributed by atoms with van der Waals surface area (Å²) in [5.41, 5.74) is 3.16. The van der Waals surface area contributed by atoms with Gasteiger partial charge in [0.25, 0.3) is 5.91 Å². The molecule has 9 heteroatoms. The van der Waals surface area contributed by atoms with E-state index in [4.69, 9.17) is 5.26 Å². The molecule has 1 N–H and O–H groups in total. The maximum absolute atomic E-state index is 15.1. The molecule has 174 valence electrons. The maximum atomic E-state index is 15.1. The van der Waals surface area contributed by atoms with Gasteiger partial charge in [-0.05, 0) is 67.1 Å². The lowest BCUT2D eigenvalue weighted by atomic mass is 9.87. The number of halogens is 1. The molecule has 2 fully saturated rings. The van der Waals surface area contributed by atoms with E-state index >= 15 is 4.39 Å². The first kappa shape index (κ1) is 22.2. The van der Waals surface area contributed by atoms with Crippen LogP contribution in [0.5, 0.6) is 0 Å². The fourth-order valence-electron chi connectivity index (χ4n) is 5.22. The fourth-order valence-corrected chi connectivity index (χ4v) is 5.22. The average Bonchev–Trinajstić information content (AvgIpc) is 3.14. The Morgan fingerprint density at radius 2 is 1.91 bits per heavy atom. The second-order valence-corrected chi connectivity index (χ2v) is 9.17. The average molecular weight is 461 g/mol. The number of pyridine rings is 1. The van der Waals surface area contributed by atoms with Crippen molar-refractivity contribution in [2.24, 2.45) is 0 Å². The normalized spacial score (nSPS) is 21.4. The number of carbonyl (C=O) groups is 3. The number of nitriles is 1. The summed E-state index contributed by atoms with van der Waals surface area (Å²) >= 11 is 0. The zero-order valence-corrected chi connectivity index (χ0v) is 18.6. The third-order valence-electron chi connectivity index (χ3n) is 7.00. The third kappa shape index (κ3) is 4.17. The van der Waals surface area contributed by atoms with Crippen LogP contribution in [0.15, 0.2) is 30.6 Å². The molecule has 2 saturated heterocycles. The Hall–Kier alpha value is -3.64. The number of imide groups is 1. The van der Waals surface area contributed by atoms with Gasteiger partial charge >= 0.3 is 0 Å². The number of hydrogen-bond acceptors (Lipinski definition) is 6. The highest BCUT2D eigenvalue weighted by atomic mass is 19.1. The van der Waals surface area contributed by atoms with Crippen molar-refractivity contribution in [2.75, 3.05) is 13.1 Å². The molecule has 0 radical (unpaired) electrons. The highest BCUT2D eigenvalue weighted by molar-refractivity contribution is 6.05. The number of carbonyl (C=O) groups excluding carboxylic acids is 3. The molecule has 1 unspecified atom stereocenters. The van der Waals surface area contributed by atoms with Gasteiger partial charge in [-0.15, -0.1) is 0 Å². The monoisotopic (exact) mass is 461 g/mol. The molecule has 34 heavy (non-hydrogen) atoms. The first-order valence-electron chi connectivity index (χ1n) is 11.5. The van der Waals surface area contributed by atoms with Crippen LogP contribution < -0.4 is 5.32 Å². The van der Waals surface area contributed by atoms with Crippen LogP contribution in [0, 0.1) is 17.1 Å². The van der Waals surface area contributed by atoms with Crippen LogP contribution in [0.3, 0.4) is 0 Å². The Kier molecular flexibility index (Phi) is 5.84. The summed E-state index contributed by atoms with van der Waals surface area (Å²) in [4.78, 5) is 44.4. The van der Waals surface area contributed by atoms with Crippen molar-refractivity contribution in [1.82, 2.24) is 20.1 Å². The first-order chi connectivity index (χ1) is 16.4. The molecule has 8 nitrogen and oxygen atoms in total. The van der Waals surface area contributed by atoms with Crippen molar-refractivity contribution >= 4 is 17.7 Å². The molecule has 1 atom stereocenters. The predicted octanol–water partition coefficient (Wildman–Crippen LogP) is 2.23. The van der Waals surface area contributed by atoms with Crippen molar-refractivity contribution in [3.63, 3.8) is 0 Å². The van der Waals surface area contributed by atoms with Gasteiger partial charge in [-0.25, -0.2) is 4.39 Å². The molecule has 3 aliphatic heterocycles. The number of hydrogen-bond donors (Lipinski definition) is 1. The fraction of sp³-hybridized carbons (Fsp3) is 0.400. The summed E-state index contributed by atoms with van der Waals surface area (Å²) in [6, 6.07) is 6.33. The van der Waals surface area contributed by atoms with Crippen LogP contribution >= 0.6 is 0 Å². The molecular formula is C25H24FN5O3. The molecule has 3 aliphatic rings. The van der Waals surface area contributed by atoms with Crippen molar-refractivity contribution in [1.29, 1.82) is 5.26 Å². The van der Waals surface area contributed by atoms with Gasteiger partial charge in [0.2, 0.25) is 11.8 Å². The van der Waals surface area contributed by atoms with E-state index in [0.29, 0.717) is 23.2 Å². The van der Waals surface area contributed by atoms with E-state index in [1.807, 2.05) is 6.07 Å². The number of piperidine rings is 2. The standard InChI is InChI=1S/C25H24FN5O3/c26-21-9-20-18(14-31(25(20)34)22-1-2-23(32)29-24(22)33)8-19(21)17-3-5-30(6-4-17)13-16-7-15(10-27)11-28-12-16/h7-9,11-12,17,22H,1-6,13-14H2,(H,29,32,33). The molecule has 5 rings (SSSR count). The molecule has 2 aromatic rings. The largest absolute Gasteiger partial charge is 0.322 e. The second-order valence-electron chi connectivity index (χ2n) is 9.17. The van der Waals surface area contributed by atoms with Gasteiger partial charge in [0, 0.05) is 37.5 Å². The minimum atomic E-state index is -0.707. The third-order valence-corrected chi connectivity index (χ3v) is 7.00. The molecule has 1 aromatic carbocycles. The number of rotatable bonds is 4. The molecule has 3 amide bonds. The van der Waals surface area contributed by atoms with Crippen LogP contribution in [0.2, 0.25) is 0 Å². The van der Waals surface area contributed by atoms with E-state index in [1.54, 1.807) is 18.5 Å². The lowest BCUT2D eigenvalue weighted by molar-refractivity contribution is -0.136. The molecule has 4 heterocycles. The molecule has 0 spiro atoms. The topological polar surface area (TPSA) is 106 Å². The summed E-state index contributed by atoms with van der Waals surface area (Å²) in [6.45, 7) is 2.52. The van der Waals surface area contributed by atoms with E-state index in [1.165, 1.54) is 11.0 Å². The summed E-state index contributed by atoms with van der Waals surface area (Å²) in [5, 5.41) is 11.3. The summed E-state index contributed by atoms with van der Waals surface area (Å²) in [6.07, 6.45) is 5.34. The van der Waals surface area contributed by atoms with Crippen LogP contribution in [0.1, 0.15) is 64.2 Å². The Morgan fingerprint density at radius 1 is 1.12 bits per heavy atom. The summed E-state index contributed by atoms with van der Waals surface area (Å²) < 4.78 is 15.1. The second kappa shape index (κ2) is 8.95. The SMILES string of the molecule is N#Cc1cncc(CN2CCC(c3cc4c(cc3F)C(=O)N(C3CCC(=O)NC3=O)C4)CC2)c1. The Labute approximate surface area is 196 Å². The Morgan fingerprint density at radius 3 is 2.65 bits per heavy atom. The molecule has 0 saturated carbocycles. The number of benzene rings is 1. The Balaban J connectivity index is 1.26. The Bertz CT molecular complexity index is 1220. The van der Waals surface area contributed by atoms with E-state index in [0.717, 1.165) is 37.1 Å². The highest BCUT2D eigenvalue weighted by Crippen LogP contribution is 2.35. The molecular weight excluding hydrogens is 437 g/mol. The maximum Gasteiger partial charge on any atom is 0.255 e. The lowest BCUT2D eigenvalue weighted by Crippen LogP contribution is -2.52. The quantitative estimate of drug-likeness (QED) is 0.700. The van der Waals surface area contributed by atoms with E-state index in [-0.39, 0.29) is 42.9 Å². The number of nitrogens with one attached hydrogen (secondary N) is 1. The minimum absolute atomic E-state index is 0.0462. The van der Waals surface area contributed by atoms with Gasteiger partial charge in [0.1, 0.15) is 17.9 Å². The molecule has 1 aromatic heterocycles. The summed E-state index contributed by atoms with van der Waals surface area (Å²) in [7, 11) is 0. The van der Waals surface area contributed by atoms with Crippen LogP contribution in [-0.4, -0.2) is 51.6 Å². The first-order valence-corrected chi connectivity index (χ1v) is 11.5. The molecule has 0 aliphatic carbocycles. The smallest absolute Gasteiger partial charge is 0.255 e. The summed E-state index contributed by atoms with van der Waals surface area (Å²) in [5.74, 6) is -1.51. The van der Waals surface area contributed by atoms with Gasteiger partial charge in [-0.1, -0.05) is 6.07 Å². The molecule has 0 bridgehead atoms. The van der Waals surface area contributed by atoms with Crippen LogP contribution in [-0.2, 0) is 22.7 Å². The van der Waals surface area contributed by atoms with Crippen LogP contribution in [0.25, 0.3) is 0 Å². The van der Waals surface area contributed by atoms with E-state index in [9.17, 15) is 14.4 Å². The minimum Gasteiger partial charge on any atom is -0.322 e. The van der Waals surface area contributed by atoms with Gasteiger partial charge < -0.3 is 4.90 Å². The van der Waals surface area contributed by atoms with E-state index < -0.39 is 11.9 Å². The number of likely N-dealkylation sites (tertiary alicyclic amines) is 1. The zero-order valence-electron chi connectivity index (χ0n) is 18.6. The number of aromatic nitrogens is 1.